The minimum absolute atomic E-state index is 0.0262. The molecule has 1 fully saturated rings. The van der Waals surface area contributed by atoms with Crippen LogP contribution in [0.25, 0.3) is 0 Å². The van der Waals surface area contributed by atoms with Crippen LogP contribution in [0.3, 0.4) is 0 Å². The van der Waals surface area contributed by atoms with Crippen molar-refractivity contribution in [2.45, 2.75) is 31.3 Å². The molecule has 1 saturated carbocycles. The Balaban J connectivity index is 2.13. The fraction of sp³-hybridized carbons (Fsp3) is 0.417. The van der Waals surface area contributed by atoms with E-state index in [0.717, 1.165) is 6.42 Å². The molecule has 1 aliphatic rings. The van der Waals surface area contributed by atoms with Crippen LogP contribution in [0.1, 0.15) is 25.7 Å². The lowest BCUT2D eigenvalue weighted by atomic mass is 9.77. The molecule has 2 rings (SSSR count). The largest absolute Gasteiger partial charge is 0.487 e. The van der Waals surface area contributed by atoms with Crippen molar-refractivity contribution in [3.63, 3.8) is 0 Å². The second-order valence-corrected chi connectivity index (χ2v) is 4.69. The van der Waals surface area contributed by atoms with E-state index in [-0.39, 0.29) is 11.4 Å². The Morgan fingerprint density at radius 3 is 2.71 bits per heavy atom. The fourth-order valence-electron chi connectivity index (χ4n) is 1.95. The highest BCUT2D eigenvalue weighted by atomic mass is 35.5. The maximum absolute atomic E-state index is 13.2. The first-order valence-electron chi connectivity index (χ1n) is 5.37. The zero-order valence-electron chi connectivity index (χ0n) is 9.08. The molecule has 0 saturated heterocycles. The lowest BCUT2D eigenvalue weighted by Gasteiger charge is -2.40. The second-order valence-electron chi connectivity index (χ2n) is 4.29. The molecule has 0 radical (unpaired) electrons. The number of ether oxygens (including phenoxy) is 1. The van der Waals surface area contributed by atoms with Crippen molar-refractivity contribution < 1.29 is 19.0 Å². The molecule has 17 heavy (non-hydrogen) atoms. The molecule has 0 aliphatic heterocycles. The predicted octanol–water partition coefficient (Wildman–Crippen LogP) is 3.26. The summed E-state index contributed by atoms with van der Waals surface area (Å²) in [5.41, 5.74) is -0.675. The van der Waals surface area contributed by atoms with Crippen LogP contribution in [0.4, 0.5) is 4.39 Å². The van der Waals surface area contributed by atoms with Crippen LogP contribution < -0.4 is 4.74 Å². The third-order valence-corrected chi connectivity index (χ3v) is 3.27. The quantitative estimate of drug-likeness (QED) is 0.902. The van der Waals surface area contributed by atoms with E-state index in [9.17, 15) is 9.18 Å². The summed E-state index contributed by atoms with van der Waals surface area (Å²) in [4.78, 5) is 10.7. The van der Waals surface area contributed by atoms with Gasteiger partial charge in [-0.15, -0.1) is 0 Å². The van der Waals surface area contributed by atoms with Crippen molar-refractivity contribution >= 4 is 17.6 Å². The monoisotopic (exact) mass is 258 g/mol. The molecule has 0 amide bonds. The Kier molecular flexibility index (Phi) is 3.24. The maximum atomic E-state index is 13.2. The van der Waals surface area contributed by atoms with Crippen molar-refractivity contribution in [1.29, 1.82) is 0 Å². The summed E-state index contributed by atoms with van der Waals surface area (Å²) in [5, 5.41) is 8.84. The van der Waals surface area contributed by atoms with Gasteiger partial charge in [0, 0.05) is 6.07 Å². The number of halogens is 2. The van der Waals surface area contributed by atoms with Gasteiger partial charge in [-0.2, -0.15) is 0 Å². The van der Waals surface area contributed by atoms with Gasteiger partial charge in [-0.25, -0.2) is 4.39 Å². The minimum Gasteiger partial charge on any atom is -0.487 e. The first kappa shape index (κ1) is 12.2. The Morgan fingerprint density at radius 2 is 2.24 bits per heavy atom. The van der Waals surface area contributed by atoms with Crippen LogP contribution in [-0.4, -0.2) is 16.7 Å². The molecule has 0 atom stereocenters. The van der Waals surface area contributed by atoms with Crippen LogP contribution in [0.15, 0.2) is 18.2 Å². The van der Waals surface area contributed by atoms with E-state index in [4.69, 9.17) is 21.4 Å². The Bertz CT molecular complexity index is 443. The molecule has 0 aromatic heterocycles. The van der Waals surface area contributed by atoms with Gasteiger partial charge in [-0.3, -0.25) is 4.79 Å². The summed E-state index contributed by atoms with van der Waals surface area (Å²) in [6, 6.07) is 4.14. The molecule has 1 aromatic carbocycles. The lowest BCUT2D eigenvalue weighted by Crippen LogP contribution is -2.45. The second kappa shape index (κ2) is 4.53. The molecule has 0 spiro atoms. The van der Waals surface area contributed by atoms with Crippen LogP contribution in [0.2, 0.25) is 5.02 Å². The van der Waals surface area contributed by atoms with Crippen LogP contribution in [-0.2, 0) is 4.79 Å². The molecule has 0 unspecified atom stereocenters. The maximum Gasteiger partial charge on any atom is 0.307 e. The number of carboxylic acids is 1. The van der Waals surface area contributed by atoms with E-state index >= 15 is 0 Å². The van der Waals surface area contributed by atoms with Crippen molar-refractivity contribution in [2.75, 3.05) is 0 Å². The number of benzene rings is 1. The zero-order chi connectivity index (χ0) is 12.5. The van der Waals surface area contributed by atoms with E-state index in [1.807, 2.05) is 0 Å². The Hall–Kier alpha value is -1.29. The van der Waals surface area contributed by atoms with E-state index in [1.54, 1.807) is 6.07 Å². The topological polar surface area (TPSA) is 46.5 Å². The van der Waals surface area contributed by atoms with Crippen LogP contribution >= 0.6 is 11.6 Å². The molecule has 5 heteroatoms. The van der Waals surface area contributed by atoms with Gasteiger partial charge in [0.05, 0.1) is 11.4 Å². The molecule has 92 valence electrons. The third kappa shape index (κ3) is 2.69. The highest BCUT2D eigenvalue weighted by Crippen LogP contribution is 2.39. The first-order valence-corrected chi connectivity index (χ1v) is 5.74. The normalized spacial score (nSPS) is 17.3. The molecular weight excluding hydrogens is 247 g/mol. The smallest absolute Gasteiger partial charge is 0.307 e. The van der Waals surface area contributed by atoms with Gasteiger partial charge in [0.25, 0.3) is 0 Å². The SMILES string of the molecule is O=C(O)CC1(Oc2ccc(Cl)c(F)c2)CCC1. The molecule has 1 aromatic rings. The molecule has 0 heterocycles. The molecule has 0 bridgehead atoms. The number of hydrogen-bond acceptors (Lipinski definition) is 2. The predicted molar refractivity (Wildman–Crippen MR) is 60.9 cm³/mol. The lowest BCUT2D eigenvalue weighted by molar-refractivity contribution is -0.144. The number of carbonyl (C=O) groups is 1. The van der Waals surface area contributed by atoms with Crippen molar-refractivity contribution in [2.24, 2.45) is 0 Å². The molecule has 1 aliphatic carbocycles. The molecule has 3 nitrogen and oxygen atoms in total. The minimum atomic E-state index is -0.904. The highest BCUT2D eigenvalue weighted by Gasteiger charge is 2.41. The van der Waals surface area contributed by atoms with E-state index in [2.05, 4.69) is 0 Å². The Morgan fingerprint density at radius 1 is 1.53 bits per heavy atom. The summed E-state index contributed by atoms with van der Waals surface area (Å²) in [7, 11) is 0. The third-order valence-electron chi connectivity index (χ3n) is 2.96. The van der Waals surface area contributed by atoms with Gasteiger partial charge >= 0.3 is 5.97 Å². The number of rotatable bonds is 4. The highest BCUT2D eigenvalue weighted by molar-refractivity contribution is 6.30. The average Bonchev–Trinajstić information content (AvgIpc) is 2.19. The standard InChI is InChI=1S/C12H12ClFO3/c13-9-3-2-8(6-10(9)14)17-12(4-1-5-12)7-11(15)16/h2-3,6H,1,4-5,7H2,(H,15,16). The van der Waals surface area contributed by atoms with E-state index in [1.165, 1.54) is 12.1 Å². The summed E-state index contributed by atoms with van der Waals surface area (Å²) in [6.07, 6.45) is 2.24. The summed E-state index contributed by atoms with van der Waals surface area (Å²) in [5.74, 6) is -1.14. The molecular formula is C12H12ClFO3. The van der Waals surface area contributed by atoms with E-state index in [0.29, 0.717) is 18.6 Å². The van der Waals surface area contributed by atoms with Crippen LogP contribution in [0, 0.1) is 5.82 Å². The number of carboxylic acid groups (broad SMARTS) is 1. The summed E-state index contributed by atoms with van der Waals surface area (Å²) in [6.45, 7) is 0. The Labute approximate surface area is 103 Å². The fourth-order valence-corrected chi connectivity index (χ4v) is 2.07. The van der Waals surface area contributed by atoms with E-state index < -0.39 is 17.4 Å². The van der Waals surface area contributed by atoms with Crippen molar-refractivity contribution in [3.8, 4) is 5.75 Å². The zero-order valence-corrected chi connectivity index (χ0v) is 9.84. The van der Waals surface area contributed by atoms with Crippen LogP contribution in [0.5, 0.6) is 5.75 Å². The van der Waals surface area contributed by atoms with Gasteiger partial charge in [-0.05, 0) is 31.4 Å². The number of hydrogen-bond donors (Lipinski definition) is 1. The van der Waals surface area contributed by atoms with Gasteiger partial charge < -0.3 is 9.84 Å². The summed E-state index contributed by atoms with van der Waals surface area (Å²) < 4.78 is 18.8. The average molecular weight is 259 g/mol. The number of aliphatic carboxylic acids is 1. The molecule has 1 N–H and O–H groups in total. The van der Waals surface area contributed by atoms with Gasteiger partial charge in [0.2, 0.25) is 0 Å². The van der Waals surface area contributed by atoms with Gasteiger partial charge in [0.15, 0.2) is 0 Å². The first-order chi connectivity index (χ1) is 8.01. The van der Waals surface area contributed by atoms with Gasteiger partial charge in [-0.1, -0.05) is 11.6 Å². The van der Waals surface area contributed by atoms with Gasteiger partial charge in [0.1, 0.15) is 17.2 Å². The summed E-state index contributed by atoms with van der Waals surface area (Å²) >= 11 is 5.56. The van der Waals surface area contributed by atoms with Crippen molar-refractivity contribution in [3.05, 3.63) is 29.0 Å². The van der Waals surface area contributed by atoms with Crippen molar-refractivity contribution in [1.82, 2.24) is 0 Å².